The van der Waals surface area contributed by atoms with Crippen LogP contribution >= 0.6 is 15.9 Å². The fourth-order valence-electron chi connectivity index (χ4n) is 0.940. The van der Waals surface area contributed by atoms with Crippen LogP contribution in [0.4, 0.5) is 0 Å². The first-order valence-corrected chi connectivity index (χ1v) is 5.86. The molecule has 0 atom stereocenters. The van der Waals surface area contributed by atoms with E-state index in [9.17, 15) is 0 Å². The summed E-state index contributed by atoms with van der Waals surface area (Å²) in [6, 6.07) is 8.50. The zero-order valence-corrected chi connectivity index (χ0v) is 10.1. The number of halogens is 1. The van der Waals surface area contributed by atoms with Crippen molar-refractivity contribution >= 4 is 26.5 Å². The van der Waals surface area contributed by atoms with Gasteiger partial charge in [-0.15, -0.1) is 12.6 Å². The summed E-state index contributed by atoms with van der Waals surface area (Å²) in [4.78, 5) is 0. The van der Waals surface area contributed by atoms with Crippen molar-refractivity contribution in [2.45, 2.75) is 19.8 Å². The van der Waals surface area contributed by atoms with Gasteiger partial charge in [-0.05, 0) is 24.1 Å². The van der Waals surface area contributed by atoms with Crippen molar-refractivity contribution in [2.24, 2.45) is 0 Å². The molecule has 0 aromatic heterocycles. The standard InChI is InChI=1S/C9H11Br.O3S/c1-2-3-8-4-6-9(10)7-5-8;1-4(2)3/h4-7H,2-3H2,1H3;. The molecule has 0 saturated carbocycles. The number of hydrogen-bond acceptors (Lipinski definition) is 3. The third-order valence-corrected chi connectivity index (χ3v) is 1.98. The minimum Gasteiger partial charge on any atom is -0.142 e. The average molecular weight is 279 g/mol. The Labute approximate surface area is 93.3 Å². The van der Waals surface area contributed by atoms with E-state index in [-0.39, 0.29) is 0 Å². The molecule has 0 saturated heterocycles. The number of aryl methyl sites for hydroxylation is 1. The van der Waals surface area contributed by atoms with Gasteiger partial charge in [0.25, 0.3) is 0 Å². The highest BCUT2D eigenvalue weighted by atomic mass is 79.9. The summed E-state index contributed by atoms with van der Waals surface area (Å²) in [5.41, 5.74) is 1.42. The van der Waals surface area contributed by atoms with Gasteiger partial charge in [0.15, 0.2) is 0 Å². The maximum atomic E-state index is 8.44. The van der Waals surface area contributed by atoms with Crippen LogP contribution < -0.4 is 0 Å². The van der Waals surface area contributed by atoms with Crippen molar-refractivity contribution in [3.8, 4) is 0 Å². The fraction of sp³-hybridized carbons (Fsp3) is 0.333. The molecule has 0 radical (unpaired) electrons. The molecular formula is C9H11BrO3S. The van der Waals surface area contributed by atoms with Crippen LogP contribution in [-0.4, -0.2) is 12.6 Å². The normalized spacial score (nSPS) is 8.71. The molecule has 14 heavy (non-hydrogen) atoms. The third kappa shape index (κ3) is 7.94. The van der Waals surface area contributed by atoms with E-state index in [1.54, 1.807) is 0 Å². The largest absolute Gasteiger partial charge is 0.425 e. The summed E-state index contributed by atoms with van der Waals surface area (Å²) < 4.78 is 26.5. The van der Waals surface area contributed by atoms with Gasteiger partial charge in [0.05, 0.1) is 0 Å². The second-order valence-electron chi connectivity index (χ2n) is 2.58. The Morgan fingerprint density at radius 1 is 1.14 bits per heavy atom. The minimum atomic E-state index is -3.11. The van der Waals surface area contributed by atoms with Crippen LogP contribution in [0.5, 0.6) is 0 Å². The molecule has 1 aromatic rings. The summed E-state index contributed by atoms with van der Waals surface area (Å²) >= 11 is 3.40. The Morgan fingerprint density at radius 2 is 1.57 bits per heavy atom. The maximum absolute atomic E-state index is 8.44. The molecule has 0 fully saturated rings. The zero-order valence-electron chi connectivity index (χ0n) is 7.73. The zero-order chi connectivity index (χ0) is 11.0. The van der Waals surface area contributed by atoms with Crippen LogP contribution in [0.25, 0.3) is 0 Å². The lowest BCUT2D eigenvalue weighted by molar-refractivity contribution is 0.559. The lowest BCUT2D eigenvalue weighted by atomic mass is 10.1. The molecule has 0 spiro atoms. The van der Waals surface area contributed by atoms with E-state index in [2.05, 4.69) is 47.1 Å². The Bertz CT molecular complexity index is 348. The molecule has 0 bridgehead atoms. The van der Waals surface area contributed by atoms with E-state index in [0.29, 0.717) is 0 Å². The molecule has 0 aliphatic rings. The van der Waals surface area contributed by atoms with Crippen molar-refractivity contribution in [3.05, 3.63) is 34.3 Å². The van der Waals surface area contributed by atoms with Gasteiger partial charge in [0.1, 0.15) is 0 Å². The van der Waals surface area contributed by atoms with E-state index < -0.39 is 10.6 Å². The molecule has 78 valence electrons. The Balaban J connectivity index is 0.000000364. The SMILES string of the molecule is CCCc1ccc(Br)cc1.O=S(=O)=O. The summed E-state index contributed by atoms with van der Waals surface area (Å²) in [5, 5.41) is 0. The molecule has 0 amide bonds. The van der Waals surface area contributed by atoms with E-state index in [0.717, 1.165) is 4.47 Å². The van der Waals surface area contributed by atoms with E-state index in [1.807, 2.05) is 0 Å². The summed E-state index contributed by atoms with van der Waals surface area (Å²) in [6.45, 7) is 2.20. The second-order valence-corrected chi connectivity index (χ2v) is 3.90. The van der Waals surface area contributed by atoms with Gasteiger partial charge >= 0.3 is 10.6 Å². The lowest BCUT2D eigenvalue weighted by Gasteiger charge is -1.96. The first-order valence-electron chi connectivity index (χ1n) is 4.07. The van der Waals surface area contributed by atoms with E-state index >= 15 is 0 Å². The molecule has 5 heteroatoms. The van der Waals surface area contributed by atoms with Crippen molar-refractivity contribution in [1.82, 2.24) is 0 Å². The quantitative estimate of drug-likeness (QED) is 0.835. The molecule has 1 rings (SSSR count). The molecule has 1 aromatic carbocycles. The molecule has 3 nitrogen and oxygen atoms in total. The predicted octanol–water partition coefficient (Wildman–Crippen LogP) is 2.40. The lowest BCUT2D eigenvalue weighted by Crippen LogP contribution is -1.80. The number of hydrogen-bond donors (Lipinski definition) is 0. The smallest absolute Gasteiger partial charge is 0.142 e. The highest BCUT2D eigenvalue weighted by Crippen LogP contribution is 2.11. The van der Waals surface area contributed by atoms with Gasteiger partial charge in [0.2, 0.25) is 0 Å². The summed E-state index contributed by atoms with van der Waals surface area (Å²) in [6.07, 6.45) is 2.41. The highest BCUT2D eigenvalue weighted by Gasteiger charge is 1.88. The second kappa shape index (κ2) is 7.70. The maximum Gasteiger partial charge on any atom is 0.425 e. The Kier molecular flexibility index (Phi) is 7.32. The molecule has 0 N–H and O–H groups in total. The fourth-order valence-corrected chi connectivity index (χ4v) is 1.20. The molecule has 0 unspecified atom stereocenters. The third-order valence-electron chi connectivity index (χ3n) is 1.45. The van der Waals surface area contributed by atoms with Crippen LogP contribution in [-0.2, 0) is 17.0 Å². The van der Waals surface area contributed by atoms with Crippen LogP contribution in [0.15, 0.2) is 28.7 Å². The highest BCUT2D eigenvalue weighted by molar-refractivity contribution is 9.10. The van der Waals surface area contributed by atoms with Crippen molar-refractivity contribution in [2.75, 3.05) is 0 Å². The van der Waals surface area contributed by atoms with Crippen LogP contribution in [0.3, 0.4) is 0 Å². The van der Waals surface area contributed by atoms with E-state index in [4.69, 9.17) is 12.6 Å². The molecule has 0 aliphatic heterocycles. The molecule has 0 aliphatic carbocycles. The first-order chi connectivity index (χ1) is 6.56. The first kappa shape index (κ1) is 13.3. The minimum absolute atomic E-state index is 1.16. The molecular weight excluding hydrogens is 268 g/mol. The van der Waals surface area contributed by atoms with Crippen LogP contribution in [0.2, 0.25) is 0 Å². The van der Waals surface area contributed by atoms with Crippen molar-refractivity contribution in [1.29, 1.82) is 0 Å². The predicted molar refractivity (Wildman–Crippen MR) is 57.8 cm³/mol. The van der Waals surface area contributed by atoms with Crippen molar-refractivity contribution in [3.63, 3.8) is 0 Å². The van der Waals surface area contributed by atoms with Crippen molar-refractivity contribution < 1.29 is 12.6 Å². The number of benzene rings is 1. The molecule has 0 heterocycles. The topological polar surface area (TPSA) is 51.2 Å². The van der Waals surface area contributed by atoms with Gasteiger partial charge < -0.3 is 0 Å². The van der Waals surface area contributed by atoms with Gasteiger partial charge in [-0.25, -0.2) is 0 Å². The van der Waals surface area contributed by atoms with Gasteiger partial charge in [-0.1, -0.05) is 41.4 Å². The summed E-state index contributed by atoms with van der Waals surface area (Å²) in [5.74, 6) is 0. The Hall–Kier alpha value is -0.680. The average Bonchev–Trinajstić information content (AvgIpc) is 2.08. The van der Waals surface area contributed by atoms with Gasteiger partial charge in [-0.2, -0.15) is 0 Å². The van der Waals surface area contributed by atoms with Gasteiger partial charge in [-0.3, -0.25) is 0 Å². The monoisotopic (exact) mass is 278 g/mol. The van der Waals surface area contributed by atoms with Crippen LogP contribution in [0.1, 0.15) is 18.9 Å². The summed E-state index contributed by atoms with van der Waals surface area (Å²) in [7, 11) is -3.11. The number of rotatable bonds is 2. The van der Waals surface area contributed by atoms with Gasteiger partial charge in [0, 0.05) is 4.47 Å². The Morgan fingerprint density at radius 3 is 1.93 bits per heavy atom. The van der Waals surface area contributed by atoms with E-state index in [1.165, 1.54) is 18.4 Å². The van der Waals surface area contributed by atoms with Crippen LogP contribution in [0, 0.1) is 0 Å².